The van der Waals surface area contributed by atoms with Crippen molar-refractivity contribution in [3.8, 4) is 18.1 Å². The van der Waals surface area contributed by atoms with Crippen LogP contribution in [0.5, 0.6) is 5.75 Å². The number of esters is 1. The third kappa shape index (κ3) is 5.59. The van der Waals surface area contributed by atoms with Crippen molar-refractivity contribution in [1.82, 2.24) is 5.32 Å². The molecule has 0 saturated carbocycles. The smallest absolute Gasteiger partial charge is 0.344 e. The van der Waals surface area contributed by atoms with E-state index in [4.69, 9.17) is 22.8 Å². The molecular formula is C13H11ClFNO4. The Morgan fingerprint density at radius 3 is 2.80 bits per heavy atom. The standard InChI is InChI=1S/C13H11ClFNO4/c1-2-5-16-12(17)7-20-13(18)8-19-11-4-3-9(15)6-10(11)14/h1,3-4,6H,5,7-8H2,(H,16,17). The maximum Gasteiger partial charge on any atom is 0.344 e. The number of terminal acetylenes is 1. The predicted octanol–water partition coefficient (Wildman–Crippen LogP) is 1.15. The molecule has 0 spiro atoms. The minimum absolute atomic E-state index is 0.0320. The number of hydrogen-bond acceptors (Lipinski definition) is 4. The molecule has 20 heavy (non-hydrogen) atoms. The van der Waals surface area contributed by atoms with Gasteiger partial charge in [-0.25, -0.2) is 9.18 Å². The van der Waals surface area contributed by atoms with Crippen LogP contribution in [0, 0.1) is 18.2 Å². The largest absolute Gasteiger partial charge is 0.480 e. The number of benzene rings is 1. The second-order valence-electron chi connectivity index (χ2n) is 3.50. The van der Waals surface area contributed by atoms with Crippen molar-refractivity contribution in [1.29, 1.82) is 0 Å². The van der Waals surface area contributed by atoms with Crippen molar-refractivity contribution < 1.29 is 23.5 Å². The molecular weight excluding hydrogens is 289 g/mol. The van der Waals surface area contributed by atoms with E-state index in [1.807, 2.05) is 0 Å². The van der Waals surface area contributed by atoms with Gasteiger partial charge in [-0.1, -0.05) is 17.5 Å². The summed E-state index contributed by atoms with van der Waals surface area (Å²) in [5, 5.41) is 2.35. The maximum absolute atomic E-state index is 12.8. The van der Waals surface area contributed by atoms with E-state index in [9.17, 15) is 14.0 Å². The maximum atomic E-state index is 12.8. The lowest BCUT2D eigenvalue weighted by Gasteiger charge is -2.08. The van der Waals surface area contributed by atoms with Gasteiger partial charge in [-0.2, -0.15) is 0 Å². The third-order valence-electron chi connectivity index (χ3n) is 1.99. The van der Waals surface area contributed by atoms with E-state index >= 15 is 0 Å². The molecule has 0 saturated heterocycles. The van der Waals surface area contributed by atoms with Crippen molar-refractivity contribution in [3.63, 3.8) is 0 Å². The van der Waals surface area contributed by atoms with Gasteiger partial charge in [0.15, 0.2) is 13.2 Å². The predicted molar refractivity (Wildman–Crippen MR) is 69.7 cm³/mol. The average Bonchev–Trinajstić information content (AvgIpc) is 2.41. The van der Waals surface area contributed by atoms with Gasteiger partial charge in [0.25, 0.3) is 5.91 Å². The summed E-state index contributed by atoms with van der Waals surface area (Å²) < 4.78 is 22.4. The van der Waals surface area contributed by atoms with E-state index in [1.54, 1.807) is 0 Å². The number of rotatable bonds is 6. The molecule has 0 bridgehead atoms. The molecule has 1 N–H and O–H groups in total. The lowest BCUT2D eigenvalue weighted by Crippen LogP contribution is -2.30. The minimum atomic E-state index is -0.763. The fraction of sp³-hybridized carbons (Fsp3) is 0.231. The molecule has 0 aliphatic carbocycles. The zero-order valence-electron chi connectivity index (χ0n) is 10.3. The molecule has 0 atom stereocenters. The molecule has 0 fully saturated rings. The summed E-state index contributed by atoms with van der Waals surface area (Å²) in [5.74, 6) is 0.543. The van der Waals surface area contributed by atoms with Crippen LogP contribution in [0.3, 0.4) is 0 Å². The highest BCUT2D eigenvalue weighted by molar-refractivity contribution is 6.32. The summed E-state index contributed by atoms with van der Waals surface area (Å²) in [6.45, 7) is -0.854. The first-order valence-corrected chi connectivity index (χ1v) is 5.84. The van der Waals surface area contributed by atoms with Crippen LogP contribution >= 0.6 is 11.6 Å². The normalized spacial score (nSPS) is 9.45. The van der Waals surface area contributed by atoms with Gasteiger partial charge in [0.1, 0.15) is 11.6 Å². The van der Waals surface area contributed by atoms with Crippen molar-refractivity contribution in [2.75, 3.05) is 19.8 Å². The van der Waals surface area contributed by atoms with Crippen LogP contribution in [0.15, 0.2) is 18.2 Å². The summed E-state index contributed by atoms with van der Waals surface area (Å²) in [4.78, 5) is 22.4. The van der Waals surface area contributed by atoms with Gasteiger partial charge in [0, 0.05) is 0 Å². The number of carbonyl (C=O) groups is 2. The van der Waals surface area contributed by atoms with Gasteiger partial charge < -0.3 is 14.8 Å². The SMILES string of the molecule is C#CCNC(=O)COC(=O)COc1ccc(F)cc1Cl. The number of hydrogen-bond donors (Lipinski definition) is 1. The van der Waals surface area contributed by atoms with Crippen LogP contribution in [0.1, 0.15) is 0 Å². The van der Waals surface area contributed by atoms with Crippen LogP contribution in [0.4, 0.5) is 4.39 Å². The Bertz CT molecular complexity index is 542. The van der Waals surface area contributed by atoms with Gasteiger partial charge in [0.05, 0.1) is 11.6 Å². The minimum Gasteiger partial charge on any atom is -0.480 e. The Hall–Kier alpha value is -2.26. The summed E-state index contributed by atoms with van der Waals surface area (Å²) in [6.07, 6.45) is 4.94. The lowest BCUT2D eigenvalue weighted by atomic mass is 10.3. The molecule has 0 aliphatic heterocycles. The molecule has 7 heteroatoms. The quantitative estimate of drug-likeness (QED) is 0.632. The van der Waals surface area contributed by atoms with Crippen LogP contribution in [-0.2, 0) is 14.3 Å². The van der Waals surface area contributed by atoms with Gasteiger partial charge in [-0.05, 0) is 18.2 Å². The fourth-order valence-electron chi connectivity index (χ4n) is 1.12. The number of halogens is 2. The van der Waals surface area contributed by atoms with E-state index in [0.29, 0.717) is 0 Å². The Labute approximate surface area is 120 Å². The Kier molecular flexibility index (Phi) is 6.33. The molecule has 1 rings (SSSR count). The first-order chi connectivity index (χ1) is 9.52. The van der Waals surface area contributed by atoms with E-state index < -0.39 is 30.9 Å². The van der Waals surface area contributed by atoms with E-state index in [-0.39, 0.29) is 17.3 Å². The van der Waals surface area contributed by atoms with Gasteiger partial charge in [0.2, 0.25) is 0 Å². The number of ether oxygens (including phenoxy) is 2. The van der Waals surface area contributed by atoms with Gasteiger partial charge >= 0.3 is 5.97 Å². The first kappa shape index (κ1) is 15.8. The zero-order valence-corrected chi connectivity index (χ0v) is 11.1. The van der Waals surface area contributed by atoms with Crippen LogP contribution in [-0.4, -0.2) is 31.6 Å². The monoisotopic (exact) mass is 299 g/mol. The van der Waals surface area contributed by atoms with Crippen LogP contribution < -0.4 is 10.1 Å². The third-order valence-corrected chi connectivity index (χ3v) is 2.29. The number of nitrogens with one attached hydrogen (secondary N) is 1. The summed E-state index contributed by atoms with van der Waals surface area (Å²) in [6, 6.07) is 3.47. The topological polar surface area (TPSA) is 64.6 Å². The average molecular weight is 300 g/mol. The molecule has 0 radical (unpaired) electrons. The highest BCUT2D eigenvalue weighted by Crippen LogP contribution is 2.24. The summed E-state index contributed by atoms with van der Waals surface area (Å²) in [7, 11) is 0. The Balaban J connectivity index is 2.33. The number of carbonyl (C=O) groups excluding carboxylic acids is 2. The molecule has 0 aliphatic rings. The van der Waals surface area contributed by atoms with Crippen LogP contribution in [0.2, 0.25) is 5.02 Å². The molecule has 1 amide bonds. The van der Waals surface area contributed by atoms with Crippen LogP contribution in [0.25, 0.3) is 0 Å². The van der Waals surface area contributed by atoms with Crippen molar-refractivity contribution >= 4 is 23.5 Å². The molecule has 106 valence electrons. The molecule has 1 aromatic rings. The zero-order chi connectivity index (χ0) is 15.0. The van der Waals surface area contributed by atoms with Crippen molar-refractivity contribution in [3.05, 3.63) is 29.0 Å². The molecule has 0 aromatic heterocycles. The second-order valence-corrected chi connectivity index (χ2v) is 3.91. The first-order valence-electron chi connectivity index (χ1n) is 5.46. The lowest BCUT2D eigenvalue weighted by molar-refractivity contribution is -0.150. The highest BCUT2D eigenvalue weighted by Gasteiger charge is 2.09. The van der Waals surface area contributed by atoms with E-state index in [2.05, 4.69) is 16.0 Å². The van der Waals surface area contributed by atoms with Crippen molar-refractivity contribution in [2.45, 2.75) is 0 Å². The molecule has 5 nitrogen and oxygen atoms in total. The van der Waals surface area contributed by atoms with Gasteiger partial charge in [-0.3, -0.25) is 4.79 Å². The summed E-state index contributed by atoms with van der Waals surface area (Å²) >= 11 is 5.70. The van der Waals surface area contributed by atoms with E-state index in [0.717, 1.165) is 12.1 Å². The fourth-order valence-corrected chi connectivity index (χ4v) is 1.34. The van der Waals surface area contributed by atoms with Gasteiger partial charge in [-0.15, -0.1) is 6.42 Å². The van der Waals surface area contributed by atoms with Crippen molar-refractivity contribution in [2.24, 2.45) is 0 Å². The summed E-state index contributed by atoms with van der Waals surface area (Å²) in [5.41, 5.74) is 0. The second kappa shape index (κ2) is 8.02. The number of amides is 1. The Morgan fingerprint density at radius 2 is 2.15 bits per heavy atom. The van der Waals surface area contributed by atoms with E-state index in [1.165, 1.54) is 6.07 Å². The highest BCUT2D eigenvalue weighted by atomic mass is 35.5. The Morgan fingerprint density at radius 1 is 1.40 bits per heavy atom. The molecule has 0 heterocycles. The molecule has 1 aromatic carbocycles. The molecule has 0 unspecified atom stereocenters.